The molecule has 0 spiro atoms. The summed E-state index contributed by atoms with van der Waals surface area (Å²) in [6.07, 6.45) is 0. The number of benzene rings is 1. The zero-order chi connectivity index (χ0) is 15.2. The van der Waals surface area contributed by atoms with Gasteiger partial charge in [-0.15, -0.1) is 0 Å². The van der Waals surface area contributed by atoms with Crippen molar-refractivity contribution in [3.8, 4) is 5.75 Å². The third-order valence-electron chi connectivity index (χ3n) is 2.97. The third-order valence-corrected chi connectivity index (χ3v) is 4.03. The Morgan fingerprint density at radius 3 is 3.05 bits per heavy atom. The number of hydrogen-bond donors (Lipinski definition) is 2. The van der Waals surface area contributed by atoms with Crippen LogP contribution in [-0.2, 0) is 4.79 Å². The molecule has 1 atom stereocenters. The second-order valence-electron chi connectivity index (χ2n) is 4.44. The monoisotopic (exact) mass is 311 g/mol. The topological polar surface area (TPSA) is 93.5 Å². The van der Waals surface area contributed by atoms with Crippen molar-refractivity contribution < 1.29 is 14.5 Å². The molecule has 7 nitrogen and oxygen atoms in total. The number of thioether (sulfide) groups is 1. The van der Waals surface area contributed by atoms with Crippen LogP contribution in [0.2, 0.25) is 0 Å². The Balaban J connectivity index is 2.14. The lowest BCUT2D eigenvalue weighted by Gasteiger charge is -2.22. The van der Waals surface area contributed by atoms with Crippen LogP contribution < -0.4 is 15.4 Å². The first-order valence-corrected chi connectivity index (χ1v) is 7.80. The van der Waals surface area contributed by atoms with Crippen LogP contribution in [0.25, 0.3) is 0 Å². The molecular formula is C13H17N3O4S. The van der Waals surface area contributed by atoms with Gasteiger partial charge in [-0.25, -0.2) is 0 Å². The van der Waals surface area contributed by atoms with Crippen molar-refractivity contribution >= 4 is 29.0 Å². The van der Waals surface area contributed by atoms with Crippen LogP contribution in [0, 0.1) is 10.1 Å². The summed E-state index contributed by atoms with van der Waals surface area (Å²) in [6, 6.07) is 4.10. The molecule has 1 heterocycles. The number of carbonyl (C=O) groups excluding carboxylic acids is 1. The van der Waals surface area contributed by atoms with Gasteiger partial charge in [0.2, 0.25) is 5.91 Å². The molecular weight excluding hydrogens is 294 g/mol. The lowest BCUT2D eigenvalue weighted by Crippen LogP contribution is -2.46. The predicted octanol–water partition coefficient (Wildman–Crippen LogP) is 1.64. The number of nitrogens with one attached hydrogen (secondary N) is 2. The van der Waals surface area contributed by atoms with Gasteiger partial charge in [-0.3, -0.25) is 14.9 Å². The smallest absolute Gasteiger partial charge is 0.296 e. The maximum absolute atomic E-state index is 12.1. The molecule has 2 rings (SSSR count). The Morgan fingerprint density at radius 1 is 1.62 bits per heavy atom. The van der Waals surface area contributed by atoms with E-state index in [-0.39, 0.29) is 23.3 Å². The van der Waals surface area contributed by atoms with Crippen molar-refractivity contribution in [3.05, 3.63) is 28.3 Å². The van der Waals surface area contributed by atoms with Crippen molar-refractivity contribution in [3.63, 3.8) is 0 Å². The van der Waals surface area contributed by atoms with Crippen LogP contribution >= 0.6 is 11.8 Å². The van der Waals surface area contributed by atoms with Gasteiger partial charge >= 0.3 is 0 Å². The number of rotatable bonds is 5. The number of hydrogen-bond acceptors (Lipinski definition) is 6. The number of nitro groups is 1. The number of nitro benzene ring substituents is 1. The molecule has 0 aromatic heterocycles. The fourth-order valence-corrected chi connectivity index (χ4v) is 2.91. The molecule has 0 radical (unpaired) electrons. The normalized spacial score (nSPS) is 18.0. The van der Waals surface area contributed by atoms with Crippen LogP contribution in [0.15, 0.2) is 18.2 Å². The van der Waals surface area contributed by atoms with Gasteiger partial charge in [0, 0.05) is 18.1 Å². The van der Waals surface area contributed by atoms with Gasteiger partial charge in [-0.1, -0.05) is 0 Å². The van der Waals surface area contributed by atoms with Gasteiger partial charge in [0.25, 0.3) is 5.69 Å². The number of amides is 1. The van der Waals surface area contributed by atoms with Gasteiger partial charge < -0.3 is 15.4 Å². The molecule has 1 saturated heterocycles. The van der Waals surface area contributed by atoms with E-state index in [2.05, 4.69) is 10.6 Å². The quantitative estimate of drug-likeness (QED) is 0.634. The Labute approximate surface area is 126 Å². The van der Waals surface area contributed by atoms with Crippen LogP contribution in [0.4, 0.5) is 11.4 Å². The standard InChI is InChI=1S/C13H17N3O4S/c1-2-20-9-3-4-10(12(7-9)16(18)19)15-13(17)11-8-21-6-5-14-11/h3-4,7,11,14H,2,5-6,8H2,1H3,(H,15,17). The minimum Gasteiger partial charge on any atom is -0.494 e. The van der Waals surface area contributed by atoms with E-state index in [1.807, 2.05) is 0 Å². The van der Waals surface area contributed by atoms with E-state index in [1.54, 1.807) is 24.8 Å². The largest absolute Gasteiger partial charge is 0.494 e. The molecule has 0 bridgehead atoms. The Hall–Kier alpha value is -1.80. The number of nitrogens with zero attached hydrogens (tertiary/aromatic N) is 1. The zero-order valence-electron chi connectivity index (χ0n) is 11.6. The van der Waals surface area contributed by atoms with Crippen LogP contribution in [-0.4, -0.2) is 41.5 Å². The molecule has 1 unspecified atom stereocenters. The van der Waals surface area contributed by atoms with Crippen LogP contribution in [0.5, 0.6) is 5.75 Å². The summed E-state index contributed by atoms with van der Waals surface area (Å²) in [7, 11) is 0. The summed E-state index contributed by atoms with van der Waals surface area (Å²) < 4.78 is 5.24. The number of anilines is 1. The lowest BCUT2D eigenvalue weighted by atomic mass is 10.2. The van der Waals surface area contributed by atoms with Crippen molar-refractivity contribution in [2.75, 3.05) is 30.0 Å². The molecule has 114 valence electrons. The lowest BCUT2D eigenvalue weighted by molar-refractivity contribution is -0.384. The highest BCUT2D eigenvalue weighted by molar-refractivity contribution is 7.99. The molecule has 0 saturated carbocycles. The number of ether oxygens (including phenoxy) is 1. The van der Waals surface area contributed by atoms with E-state index in [0.29, 0.717) is 18.1 Å². The summed E-state index contributed by atoms with van der Waals surface area (Å²) in [6.45, 7) is 2.98. The van der Waals surface area contributed by atoms with E-state index in [9.17, 15) is 14.9 Å². The second kappa shape index (κ2) is 7.28. The van der Waals surface area contributed by atoms with E-state index in [1.165, 1.54) is 12.1 Å². The van der Waals surface area contributed by atoms with E-state index in [4.69, 9.17) is 4.74 Å². The van der Waals surface area contributed by atoms with Crippen molar-refractivity contribution in [1.82, 2.24) is 5.32 Å². The van der Waals surface area contributed by atoms with Gasteiger partial charge in [-0.2, -0.15) is 11.8 Å². The SMILES string of the molecule is CCOc1ccc(NC(=O)C2CSCCN2)c([N+](=O)[O-])c1. The molecule has 0 aliphatic carbocycles. The van der Waals surface area contributed by atoms with E-state index in [0.717, 1.165) is 12.3 Å². The van der Waals surface area contributed by atoms with Crippen LogP contribution in [0.1, 0.15) is 6.92 Å². The van der Waals surface area contributed by atoms with Crippen molar-refractivity contribution in [2.45, 2.75) is 13.0 Å². The first-order valence-electron chi connectivity index (χ1n) is 6.65. The summed E-state index contributed by atoms with van der Waals surface area (Å²) in [5, 5.41) is 16.8. The molecule has 1 aliphatic heterocycles. The summed E-state index contributed by atoms with van der Waals surface area (Å²) in [5.41, 5.74) is 0.0172. The first-order chi connectivity index (χ1) is 10.1. The second-order valence-corrected chi connectivity index (χ2v) is 5.59. The molecule has 2 N–H and O–H groups in total. The zero-order valence-corrected chi connectivity index (χ0v) is 12.4. The third kappa shape index (κ3) is 4.08. The van der Waals surface area contributed by atoms with Gasteiger partial charge in [0.1, 0.15) is 11.4 Å². The van der Waals surface area contributed by atoms with Crippen molar-refractivity contribution in [1.29, 1.82) is 0 Å². The molecule has 1 fully saturated rings. The highest BCUT2D eigenvalue weighted by Crippen LogP contribution is 2.29. The summed E-state index contributed by atoms with van der Waals surface area (Å²) in [4.78, 5) is 22.7. The average Bonchev–Trinajstić information content (AvgIpc) is 2.49. The highest BCUT2D eigenvalue weighted by atomic mass is 32.2. The highest BCUT2D eigenvalue weighted by Gasteiger charge is 2.24. The van der Waals surface area contributed by atoms with E-state index >= 15 is 0 Å². The molecule has 1 aromatic carbocycles. The molecule has 1 aromatic rings. The Bertz CT molecular complexity index is 532. The maximum Gasteiger partial charge on any atom is 0.296 e. The minimum atomic E-state index is -0.527. The molecule has 21 heavy (non-hydrogen) atoms. The van der Waals surface area contributed by atoms with Crippen molar-refractivity contribution in [2.24, 2.45) is 0 Å². The average molecular weight is 311 g/mol. The Kier molecular flexibility index (Phi) is 5.40. The van der Waals surface area contributed by atoms with Crippen LogP contribution in [0.3, 0.4) is 0 Å². The molecule has 1 amide bonds. The molecule has 1 aliphatic rings. The minimum absolute atomic E-state index is 0.169. The summed E-state index contributed by atoms with van der Waals surface area (Å²) in [5.74, 6) is 1.78. The summed E-state index contributed by atoms with van der Waals surface area (Å²) >= 11 is 1.68. The first kappa shape index (κ1) is 15.6. The fourth-order valence-electron chi connectivity index (χ4n) is 1.98. The molecule has 8 heteroatoms. The maximum atomic E-state index is 12.1. The number of carbonyl (C=O) groups is 1. The van der Waals surface area contributed by atoms with Gasteiger partial charge in [-0.05, 0) is 19.1 Å². The van der Waals surface area contributed by atoms with Gasteiger partial charge in [0.15, 0.2) is 0 Å². The van der Waals surface area contributed by atoms with Gasteiger partial charge in [0.05, 0.1) is 23.6 Å². The Morgan fingerprint density at radius 2 is 2.43 bits per heavy atom. The fraction of sp³-hybridized carbons (Fsp3) is 0.462. The predicted molar refractivity (Wildman–Crippen MR) is 82.0 cm³/mol. The van der Waals surface area contributed by atoms with E-state index < -0.39 is 4.92 Å².